The number of carbonyl (C=O) groups is 1. The van der Waals surface area contributed by atoms with Gasteiger partial charge in [-0.05, 0) is 54.7 Å². The lowest BCUT2D eigenvalue weighted by atomic mass is 9.94. The first kappa shape index (κ1) is 29.1. The first-order valence-corrected chi connectivity index (χ1v) is 14.2. The first-order chi connectivity index (χ1) is 16.6. The SMILES string of the molecule is CCOP(=O)(Oc1c(C(C)C)cccc1C(C)C)N(C(CC)CC)C(Cc1ccccc1)C(=O)O. The Balaban J connectivity index is 2.71. The maximum Gasteiger partial charge on any atom is 0.462 e. The summed E-state index contributed by atoms with van der Waals surface area (Å²) in [5, 5.41) is 10.4. The van der Waals surface area contributed by atoms with E-state index in [1.165, 1.54) is 4.67 Å². The van der Waals surface area contributed by atoms with Crippen LogP contribution in [0.3, 0.4) is 0 Å². The molecule has 0 amide bonds. The second-order valence-corrected chi connectivity index (χ2v) is 11.3. The van der Waals surface area contributed by atoms with Crippen LogP contribution in [0, 0.1) is 0 Å². The third-order valence-electron chi connectivity index (χ3n) is 6.29. The highest BCUT2D eigenvalue weighted by Gasteiger charge is 2.47. The van der Waals surface area contributed by atoms with E-state index in [9.17, 15) is 14.5 Å². The second-order valence-electron chi connectivity index (χ2n) is 9.45. The Bertz CT molecular complexity index is 962. The van der Waals surface area contributed by atoms with Crippen molar-refractivity contribution in [3.05, 3.63) is 65.2 Å². The van der Waals surface area contributed by atoms with E-state index in [0.717, 1.165) is 16.7 Å². The van der Waals surface area contributed by atoms with E-state index in [-0.39, 0.29) is 30.9 Å². The first-order valence-electron chi connectivity index (χ1n) is 12.7. The maximum atomic E-state index is 14.7. The summed E-state index contributed by atoms with van der Waals surface area (Å²) < 4.78 is 28.6. The number of benzene rings is 2. The van der Waals surface area contributed by atoms with Crippen LogP contribution in [0.2, 0.25) is 0 Å². The van der Waals surface area contributed by atoms with Crippen molar-refractivity contribution in [2.24, 2.45) is 0 Å². The summed E-state index contributed by atoms with van der Waals surface area (Å²) in [6.45, 7) is 14.1. The Hall–Kier alpha value is -2.14. The van der Waals surface area contributed by atoms with Gasteiger partial charge in [0.15, 0.2) is 0 Å². The molecule has 0 spiro atoms. The molecule has 0 fully saturated rings. The van der Waals surface area contributed by atoms with Gasteiger partial charge in [0.1, 0.15) is 11.8 Å². The third kappa shape index (κ3) is 7.19. The van der Waals surface area contributed by atoms with Crippen LogP contribution in [0.15, 0.2) is 48.5 Å². The van der Waals surface area contributed by atoms with Crippen LogP contribution in [0.25, 0.3) is 0 Å². The van der Waals surface area contributed by atoms with Gasteiger partial charge < -0.3 is 9.63 Å². The smallest absolute Gasteiger partial charge is 0.462 e. The number of rotatable bonds is 14. The lowest BCUT2D eigenvalue weighted by Gasteiger charge is -2.39. The molecule has 2 aromatic carbocycles. The van der Waals surface area contributed by atoms with Gasteiger partial charge in [0.25, 0.3) is 0 Å². The van der Waals surface area contributed by atoms with Crippen LogP contribution in [-0.2, 0) is 20.3 Å². The predicted molar refractivity (Wildman–Crippen MR) is 142 cm³/mol. The molecule has 1 N–H and O–H groups in total. The Morgan fingerprint density at radius 1 is 0.914 bits per heavy atom. The van der Waals surface area contributed by atoms with Gasteiger partial charge in [-0.25, -0.2) is 4.57 Å². The number of hydrogen-bond acceptors (Lipinski definition) is 4. The summed E-state index contributed by atoms with van der Waals surface area (Å²) in [6, 6.07) is 14.0. The molecule has 2 unspecified atom stereocenters. The quantitative estimate of drug-likeness (QED) is 0.267. The largest absolute Gasteiger partial charge is 0.480 e. The fourth-order valence-corrected chi connectivity index (χ4v) is 6.72. The number of nitrogens with zero attached hydrogens (tertiary/aromatic N) is 1. The van der Waals surface area contributed by atoms with Crippen molar-refractivity contribution < 1.29 is 23.5 Å². The third-order valence-corrected chi connectivity index (χ3v) is 8.46. The average Bonchev–Trinajstić information content (AvgIpc) is 2.81. The average molecular weight is 504 g/mol. The predicted octanol–water partition coefficient (Wildman–Crippen LogP) is 7.64. The summed E-state index contributed by atoms with van der Waals surface area (Å²) in [4.78, 5) is 12.7. The number of para-hydroxylation sites is 1. The maximum absolute atomic E-state index is 14.7. The van der Waals surface area contributed by atoms with E-state index < -0.39 is 19.8 Å². The van der Waals surface area contributed by atoms with E-state index in [4.69, 9.17) is 9.05 Å². The molecule has 0 aromatic heterocycles. The zero-order valence-corrected chi connectivity index (χ0v) is 23.1. The summed E-state index contributed by atoms with van der Waals surface area (Å²) >= 11 is 0. The molecule has 0 radical (unpaired) electrons. The Labute approximate surface area is 211 Å². The van der Waals surface area contributed by atoms with Crippen molar-refractivity contribution in [3.8, 4) is 5.75 Å². The molecule has 2 aromatic rings. The molecule has 2 atom stereocenters. The molecule has 35 heavy (non-hydrogen) atoms. The number of carboxylic acids is 1. The van der Waals surface area contributed by atoms with Gasteiger partial charge in [-0.2, -0.15) is 4.67 Å². The monoisotopic (exact) mass is 503 g/mol. The van der Waals surface area contributed by atoms with Crippen LogP contribution < -0.4 is 4.52 Å². The van der Waals surface area contributed by atoms with Crippen molar-refractivity contribution in [1.82, 2.24) is 4.67 Å². The molecule has 0 aliphatic rings. The molecular weight excluding hydrogens is 461 g/mol. The molecule has 0 bridgehead atoms. The van der Waals surface area contributed by atoms with Gasteiger partial charge in [0.2, 0.25) is 0 Å². The van der Waals surface area contributed by atoms with Crippen molar-refractivity contribution in [3.63, 3.8) is 0 Å². The minimum Gasteiger partial charge on any atom is -0.480 e. The van der Waals surface area contributed by atoms with Crippen LogP contribution in [0.1, 0.15) is 89.8 Å². The van der Waals surface area contributed by atoms with E-state index in [0.29, 0.717) is 18.6 Å². The molecule has 6 nitrogen and oxygen atoms in total. The molecule has 7 heteroatoms. The minimum absolute atomic E-state index is 0.125. The van der Waals surface area contributed by atoms with Crippen molar-refractivity contribution in [2.45, 2.75) is 91.6 Å². The molecule has 2 rings (SSSR count). The highest BCUT2D eigenvalue weighted by Crippen LogP contribution is 2.57. The van der Waals surface area contributed by atoms with Gasteiger partial charge in [-0.3, -0.25) is 9.32 Å². The number of carboxylic acid groups (broad SMARTS) is 1. The zero-order chi connectivity index (χ0) is 26.2. The standard InChI is InChI=1S/C28H42NO5P/c1-8-23(9-2)29(26(28(30)31)19-22-15-12-11-13-16-22)35(32,33-10-3)34-27-24(20(4)5)17-14-18-25(27)21(6)7/h11-18,20-21,23,26H,8-10,19H2,1-7H3,(H,30,31). The Morgan fingerprint density at radius 2 is 1.46 bits per heavy atom. The summed E-state index contributed by atoms with van der Waals surface area (Å²) in [7, 11) is -4.07. The van der Waals surface area contributed by atoms with Crippen molar-refractivity contribution in [1.29, 1.82) is 0 Å². The molecule has 0 heterocycles. The minimum atomic E-state index is -4.07. The topological polar surface area (TPSA) is 76.1 Å². The van der Waals surface area contributed by atoms with Crippen molar-refractivity contribution in [2.75, 3.05) is 6.61 Å². The van der Waals surface area contributed by atoms with E-state index in [2.05, 4.69) is 27.7 Å². The summed E-state index contributed by atoms with van der Waals surface area (Å²) in [5.41, 5.74) is 2.70. The number of aliphatic carboxylic acids is 1. The lowest BCUT2D eigenvalue weighted by Crippen LogP contribution is -2.47. The van der Waals surface area contributed by atoms with Gasteiger partial charge in [0.05, 0.1) is 6.61 Å². The van der Waals surface area contributed by atoms with Crippen LogP contribution in [-0.4, -0.2) is 34.4 Å². The van der Waals surface area contributed by atoms with E-state index in [1.54, 1.807) is 6.92 Å². The molecule has 0 aliphatic carbocycles. The highest BCUT2D eigenvalue weighted by atomic mass is 31.2. The second kappa shape index (κ2) is 13.2. The van der Waals surface area contributed by atoms with E-state index in [1.807, 2.05) is 62.4 Å². The molecule has 194 valence electrons. The summed E-state index contributed by atoms with van der Waals surface area (Å²) in [6.07, 6.45) is 1.41. The Morgan fingerprint density at radius 3 is 1.89 bits per heavy atom. The van der Waals surface area contributed by atoms with Gasteiger partial charge >= 0.3 is 13.7 Å². The lowest BCUT2D eigenvalue weighted by molar-refractivity contribution is -0.142. The fourth-order valence-electron chi connectivity index (χ4n) is 4.43. The van der Waals surface area contributed by atoms with Crippen LogP contribution in [0.4, 0.5) is 0 Å². The molecular formula is C28H42NO5P. The van der Waals surface area contributed by atoms with Gasteiger partial charge in [-0.15, -0.1) is 0 Å². The Kier molecular flexibility index (Phi) is 11.0. The molecule has 0 saturated carbocycles. The van der Waals surface area contributed by atoms with Gasteiger partial charge in [-0.1, -0.05) is 90.1 Å². The fraction of sp³-hybridized carbons (Fsp3) is 0.536. The normalized spacial score (nSPS) is 14.5. The zero-order valence-electron chi connectivity index (χ0n) is 22.2. The van der Waals surface area contributed by atoms with Crippen molar-refractivity contribution >= 4 is 13.7 Å². The highest BCUT2D eigenvalue weighted by molar-refractivity contribution is 7.51. The molecule has 0 saturated heterocycles. The number of hydrogen-bond donors (Lipinski definition) is 1. The van der Waals surface area contributed by atoms with E-state index >= 15 is 0 Å². The molecule has 0 aliphatic heterocycles. The van der Waals surface area contributed by atoms with Crippen LogP contribution in [0.5, 0.6) is 5.75 Å². The van der Waals surface area contributed by atoms with Crippen LogP contribution >= 0.6 is 7.75 Å². The summed E-state index contributed by atoms with van der Waals surface area (Å²) in [5.74, 6) is -0.264. The van der Waals surface area contributed by atoms with Gasteiger partial charge in [0, 0.05) is 6.04 Å².